The molecule has 0 amide bonds. The number of carbonyl (C=O) groups is 2. The fourth-order valence-electron chi connectivity index (χ4n) is 3.48. The van der Waals surface area contributed by atoms with Crippen molar-refractivity contribution in [2.45, 2.75) is 68.1 Å². The smallest absolute Gasteiger partial charge is 0.335 e. The number of ether oxygens (including phenoxy) is 4. The van der Waals surface area contributed by atoms with E-state index in [0.29, 0.717) is 6.29 Å². The van der Waals surface area contributed by atoms with Crippen molar-refractivity contribution in [2.24, 2.45) is 0 Å². The third-order valence-electron chi connectivity index (χ3n) is 4.93. The topological polar surface area (TPSA) is 184 Å². The van der Waals surface area contributed by atoms with Gasteiger partial charge in [0.1, 0.15) is 42.9 Å². The first kappa shape index (κ1) is 23.1. The van der Waals surface area contributed by atoms with Gasteiger partial charge in [0.25, 0.3) is 0 Å². The molecule has 0 bridgehead atoms. The molecule has 2 fully saturated rings. The monoisotopic (exact) mass is 409 g/mol. The van der Waals surface area contributed by atoms with Gasteiger partial charge in [-0.15, -0.1) is 0 Å². The predicted octanol–water partition coefficient (Wildman–Crippen LogP) is -3.78. The second-order valence-electron chi connectivity index (χ2n) is 6.70. The summed E-state index contributed by atoms with van der Waals surface area (Å²) in [5, 5.41) is 52.5. The molecule has 28 heavy (non-hydrogen) atoms. The van der Waals surface area contributed by atoms with Crippen LogP contribution in [-0.2, 0) is 28.5 Å². The van der Waals surface area contributed by atoms with Gasteiger partial charge in [-0.1, -0.05) is 0 Å². The first-order valence-electron chi connectivity index (χ1n) is 8.80. The van der Waals surface area contributed by atoms with Gasteiger partial charge in [-0.2, -0.15) is 0 Å². The standard InChI is InChI=1S/C16H27NO11/c1-6-8(17-3-4-18)12(9(20)7(5-19)26-6)27-16-11(22)10(21)13(25-2)14(28-16)15(23)24/h4,6-14,16-17,19-22H,3,5H2,1-2H3,(H,23,24). The van der Waals surface area contributed by atoms with Crippen LogP contribution in [0.25, 0.3) is 0 Å². The summed E-state index contributed by atoms with van der Waals surface area (Å²) in [6.45, 7) is 1.02. The van der Waals surface area contributed by atoms with E-state index in [1.807, 2.05) is 0 Å². The maximum absolute atomic E-state index is 11.4. The minimum absolute atomic E-state index is 0.0884. The third kappa shape index (κ3) is 4.67. The van der Waals surface area contributed by atoms with Gasteiger partial charge in [0, 0.05) is 7.11 Å². The third-order valence-corrected chi connectivity index (χ3v) is 4.93. The summed E-state index contributed by atoms with van der Waals surface area (Å²) in [6, 6.07) is -0.751. The molecule has 0 aromatic carbocycles. The number of aliphatic hydroxyl groups excluding tert-OH is 4. The van der Waals surface area contributed by atoms with E-state index < -0.39 is 73.7 Å². The highest BCUT2D eigenvalue weighted by molar-refractivity contribution is 5.73. The summed E-state index contributed by atoms with van der Waals surface area (Å²) in [6.07, 6.45) is -11.5. The van der Waals surface area contributed by atoms with E-state index in [-0.39, 0.29) is 6.54 Å². The molecule has 10 atom stereocenters. The van der Waals surface area contributed by atoms with Crippen LogP contribution in [0.2, 0.25) is 0 Å². The van der Waals surface area contributed by atoms with Crippen LogP contribution >= 0.6 is 0 Å². The molecule has 0 saturated carbocycles. The van der Waals surface area contributed by atoms with E-state index in [1.165, 1.54) is 0 Å². The Morgan fingerprint density at radius 2 is 1.82 bits per heavy atom. The van der Waals surface area contributed by atoms with Gasteiger partial charge in [-0.05, 0) is 6.92 Å². The number of carboxylic acid groups (broad SMARTS) is 1. The van der Waals surface area contributed by atoms with E-state index in [4.69, 9.17) is 18.9 Å². The molecule has 0 radical (unpaired) electrons. The molecular weight excluding hydrogens is 382 g/mol. The fraction of sp³-hybridized carbons (Fsp3) is 0.875. The van der Waals surface area contributed by atoms with Gasteiger partial charge in [-0.3, -0.25) is 0 Å². The summed E-state index contributed by atoms with van der Waals surface area (Å²) in [5.41, 5.74) is 0. The maximum Gasteiger partial charge on any atom is 0.335 e. The molecule has 0 aromatic heterocycles. The van der Waals surface area contributed by atoms with Crippen LogP contribution in [0.4, 0.5) is 0 Å². The summed E-state index contributed by atoms with van der Waals surface area (Å²) in [7, 11) is 1.16. The average Bonchev–Trinajstić information content (AvgIpc) is 2.66. The van der Waals surface area contributed by atoms with E-state index >= 15 is 0 Å². The SMILES string of the molecule is COC1C(C(=O)O)OC(OC2C(O)C(CO)OC(C)C2NCC=O)C(O)C1O. The molecule has 10 unspecified atom stereocenters. The van der Waals surface area contributed by atoms with Crippen LogP contribution in [0.3, 0.4) is 0 Å². The molecule has 2 aliphatic heterocycles. The highest BCUT2D eigenvalue weighted by atomic mass is 16.7. The quantitative estimate of drug-likeness (QED) is 0.215. The molecule has 2 rings (SSSR count). The molecule has 0 aromatic rings. The lowest BCUT2D eigenvalue weighted by Crippen LogP contribution is -2.67. The summed E-state index contributed by atoms with van der Waals surface area (Å²) >= 11 is 0. The number of carbonyl (C=O) groups excluding carboxylic acids is 1. The van der Waals surface area contributed by atoms with Crippen LogP contribution in [0, 0.1) is 0 Å². The molecule has 12 nitrogen and oxygen atoms in total. The molecule has 0 spiro atoms. The maximum atomic E-state index is 11.4. The number of rotatable bonds is 8. The normalized spacial score (nSPS) is 44.2. The Morgan fingerprint density at radius 3 is 2.36 bits per heavy atom. The lowest BCUT2D eigenvalue weighted by Gasteiger charge is -2.47. The number of methoxy groups -OCH3 is 1. The first-order valence-corrected chi connectivity index (χ1v) is 8.80. The second kappa shape index (κ2) is 10.0. The van der Waals surface area contributed by atoms with Crippen LogP contribution in [-0.4, -0.2) is 119 Å². The molecule has 2 heterocycles. The zero-order valence-electron chi connectivity index (χ0n) is 15.5. The Bertz CT molecular complexity index is 535. The number of aliphatic carboxylic acids is 1. The Morgan fingerprint density at radius 1 is 1.14 bits per heavy atom. The minimum atomic E-state index is -1.68. The van der Waals surface area contributed by atoms with E-state index in [2.05, 4.69) is 5.32 Å². The number of hydrogen-bond donors (Lipinski definition) is 6. The van der Waals surface area contributed by atoms with Crippen LogP contribution in [0.1, 0.15) is 6.92 Å². The van der Waals surface area contributed by atoms with Gasteiger partial charge in [0.2, 0.25) is 0 Å². The summed E-state index contributed by atoms with van der Waals surface area (Å²) in [4.78, 5) is 22.1. The highest BCUT2D eigenvalue weighted by Crippen LogP contribution is 2.29. The van der Waals surface area contributed by atoms with Crippen molar-refractivity contribution < 1.29 is 54.1 Å². The van der Waals surface area contributed by atoms with E-state index in [0.717, 1.165) is 7.11 Å². The molecule has 0 aliphatic carbocycles. The lowest BCUT2D eigenvalue weighted by molar-refractivity contribution is -0.327. The van der Waals surface area contributed by atoms with Crippen molar-refractivity contribution >= 4 is 12.3 Å². The Kier molecular flexibility index (Phi) is 8.24. The predicted molar refractivity (Wildman–Crippen MR) is 89.3 cm³/mol. The van der Waals surface area contributed by atoms with Gasteiger partial charge >= 0.3 is 5.97 Å². The lowest BCUT2D eigenvalue weighted by atomic mass is 9.92. The Balaban J connectivity index is 2.24. The van der Waals surface area contributed by atoms with Gasteiger partial charge in [0.05, 0.1) is 25.3 Å². The molecule has 2 aliphatic rings. The van der Waals surface area contributed by atoms with E-state index in [1.54, 1.807) is 6.92 Å². The molecular formula is C16H27NO11. The van der Waals surface area contributed by atoms with Crippen LogP contribution in [0.15, 0.2) is 0 Å². The van der Waals surface area contributed by atoms with Crippen LogP contribution in [0.5, 0.6) is 0 Å². The summed E-state index contributed by atoms with van der Waals surface area (Å²) in [5.74, 6) is -1.43. The van der Waals surface area contributed by atoms with Crippen molar-refractivity contribution in [1.29, 1.82) is 0 Å². The van der Waals surface area contributed by atoms with Crippen molar-refractivity contribution in [3.8, 4) is 0 Å². The van der Waals surface area contributed by atoms with Crippen molar-refractivity contribution in [3.05, 3.63) is 0 Å². The highest BCUT2D eigenvalue weighted by Gasteiger charge is 2.52. The van der Waals surface area contributed by atoms with Crippen LogP contribution < -0.4 is 5.32 Å². The molecule has 6 N–H and O–H groups in total. The van der Waals surface area contributed by atoms with Crippen molar-refractivity contribution in [1.82, 2.24) is 5.32 Å². The minimum Gasteiger partial charge on any atom is -0.479 e. The number of aldehydes is 1. The van der Waals surface area contributed by atoms with Crippen molar-refractivity contribution in [3.63, 3.8) is 0 Å². The average molecular weight is 409 g/mol. The number of carboxylic acids is 1. The van der Waals surface area contributed by atoms with Gasteiger partial charge in [-0.25, -0.2) is 4.79 Å². The second-order valence-corrected chi connectivity index (χ2v) is 6.70. The summed E-state index contributed by atoms with van der Waals surface area (Å²) < 4.78 is 21.3. The largest absolute Gasteiger partial charge is 0.479 e. The van der Waals surface area contributed by atoms with Gasteiger partial charge < -0.3 is 54.6 Å². The molecule has 162 valence electrons. The molecule has 12 heteroatoms. The fourth-order valence-corrected chi connectivity index (χ4v) is 3.48. The van der Waals surface area contributed by atoms with Gasteiger partial charge in [0.15, 0.2) is 12.4 Å². The Labute approximate surface area is 160 Å². The molecule has 2 saturated heterocycles. The van der Waals surface area contributed by atoms with E-state index in [9.17, 15) is 35.1 Å². The zero-order valence-corrected chi connectivity index (χ0v) is 15.5. The number of hydrogen-bond acceptors (Lipinski definition) is 11. The number of aliphatic hydroxyl groups is 4. The Hall–Kier alpha value is -1.22. The zero-order chi connectivity index (χ0) is 21.0. The number of nitrogens with one attached hydrogen (secondary N) is 1. The first-order chi connectivity index (χ1) is 13.3. The van der Waals surface area contributed by atoms with Crippen molar-refractivity contribution in [2.75, 3.05) is 20.3 Å².